The Labute approximate surface area is 148 Å². The van der Waals surface area contributed by atoms with Crippen LogP contribution in [0.4, 0.5) is 0 Å². The van der Waals surface area contributed by atoms with E-state index in [2.05, 4.69) is 5.32 Å². The molecule has 2 N–H and O–H groups in total. The summed E-state index contributed by atoms with van der Waals surface area (Å²) in [7, 11) is 3.12. The molecule has 2 rings (SSSR count). The smallest absolute Gasteiger partial charge is 0.326 e. The molecule has 1 amide bonds. The molecule has 0 radical (unpaired) electrons. The van der Waals surface area contributed by atoms with Crippen LogP contribution in [0, 0.1) is 6.92 Å². The number of carboxylic acid groups (broad SMARTS) is 1. The largest absolute Gasteiger partial charge is 0.496 e. The summed E-state index contributed by atoms with van der Waals surface area (Å²) in [5.41, 5.74) is 1.20. The van der Waals surface area contributed by atoms with Crippen molar-refractivity contribution >= 4 is 11.9 Å². The Kier molecular flexibility index (Phi) is 6.42. The van der Waals surface area contributed by atoms with Crippen LogP contribution in [-0.2, 0) is 19.7 Å². The molecule has 1 fully saturated rings. The van der Waals surface area contributed by atoms with Crippen molar-refractivity contribution in [2.24, 2.45) is 0 Å². The summed E-state index contributed by atoms with van der Waals surface area (Å²) in [6.07, 6.45) is 3.55. The lowest BCUT2D eigenvalue weighted by Gasteiger charge is -2.30. The Morgan fingerprint density at radius 2 is 1.96 bits per heavy atom. The second kappa shape index (κ2) is 8.34. The lowest BCUT2D eigenvalue weighted by molar-refractivity contribution is -0.143. The van der Waals surface area contributed by atoms with Gasteiger partial charge in [0.15, 0.2) is 0 Å². The summed E-state index contributed by atoms with van der Waals surface area (Å²) in [4.78, 5) is 24.5. The molecule has 1 saturated carbocycles. The Bertz CT molecular complexity index is 622. The fourth-order valence-electron chi connectivity index (χ4n) is 3.53. The maximum absolute atomic E-state index is 13.1. The predicted octanol–water partition coefficient (Wildman–Crippen LogP) is 2.42. The van der Waals surface area contributed by atoms with Gasteiger partial charge in [-0.3, -0.25) is 4.79 Å². The number of hydrogen-bond acceptors (Lipinski definition) is 4. The predicted molar refractivity (Wildman–Crippen MR) is 93.9 cm³/mol. The second-order valence-electron chi connectivity index (χ2n) is 6.62. The molecule has 0 aromatic heterocycles. The zero-order valence-electron chi connectivity index (χ0n) is 15.1. The van der Waals surface area contributed by atoms with Crippen LogP contribution >= 0.6 is 0 Å². The van der Waals surface area contributed by atoms with E-state index >= 15 is 0 Å². The number of aliphatic carboxylic acids is 1. The Morgan fingerprint density at radius 3 is 2.52 bits per heavy atom. The molecule has 0 aliphatic heterocycles. The maximum atomic E-state index is 13.1. The number of nitrogens with one attached hydrogen (secondary N) is 1. The SMILES string of the molecule is COCCC(NC(=O)C1(c2ccc(C)c(OC)c2)CCCC1)C(=O)O. The summed E-state index contributed by atoms with van der Waals surface area (Å²) < 4.78 is 10.4. The number of carboxylic acids is 1. The van der Waals surface area contributed by atoms with Crippen LogP contribution in [0.1, 0.15) is 43.2 Å². The molecule has 1 aliphatic carbocycles. The van der Waals surface area contributed by atoms with Gasteiger partial charge in [-0.2, -0.15) is 0 Å². The molecule has 6 nitrogen and oxygen atoms in total. The first kappa shape index (κ1) is 19.2. The van der Waals surface area contributed by atoms with Crippen molar-refractivity contribution < 1.29 is 24.2 Å². The van der Waals surface area contributed by atoms with Gasteiger partial charge in [-0.05, 0) is 37.0 Å². The van der Waals surface area contributed by atoms with Crippen LogP contribution in [0.3, 0.4) is 0 Å². The first-order valence-electron chi connectivity index (χ1n) is 8.62. The van der Waals surface area contributed by atoms with E-state index in [4.69, 9.17) is 9.47 Å². The molecule has 1 aliphatic rings. The van der Waals surface area contributed by atoms with Crippen molar-refractivity contribution in [3.63, 3.8) is 0 Å². The highest BCUT2D eigenvalue weighted by Gasteiger charge is 2.44. The number of aryl methyl sites for hydroxylation is 1. The minimum atomic E-state index is -1.04. The zero-order valence-corrected chi connectivity index (χ0v) is 15.1. The highest BCUT2D eigenvalue weighted by molar-refractivity contribution is 5.92. The van der Waals surface area contributed by atoms with Crippen molar-refractivity contribution in [3.8, 4) is 5.75 Å². The first-order valence-corrected chi connectivity index (χ1v) is 8.62. The Morgan fingerprint density at radius 1 is 1.28 bits per heavy atom. The van der Waals surface area contributed by atoms with Gasteiger partial charge in [0.25, 0.3) is 0 Å². The second-order valence-corrected chi connectivity index (χ2v) is 6.62. The standard InChI is InChI=1S/C19H27NO5/c1-13-6-7-14(12-16(13)25-3)19(9-4-5-10-19)18(23)20-15(17(21)22)8-11-24-2/h6-7,12,15H,4-5,8-11H2,1-3H3,(H,20,23)(H,21,22). The van der Waals surface area contributed by atoms with Crippen molar-refractivity contribution in [1.82, 2.24) is 5.32 Å². The molecule has 1 unspecified atom stereocenters. The normalized spacial score (nSPS) is 17.1. The summed E-state index contributed by atoms with van der Waals surface area (Å²) in [5, 5.41) is 12.1. The number of benzene rings is 1. The molecule has 0 saturated heterocycles. The van der Waals surface area contributed by atoms with Gasteiger partial charge in [0.2, 0.25) is 5.91 Å². The van der Waals surface area contributed by atoms with E-state index < -0.39 is 17.4 Å². The molecule has 0 spiro atoms. The van der Waals surface area contributed by atoms with Crippen molar-refractivity contribution in [1.29, 1.82) is 0 Å². The Balaban J connectivity index is 2.29. The van der Waals surface area contributed by atoms with E-state index in [0.29, 0.717) is 12.8 Å². The fraction of sp³-hybridized carbons (Fsp3) is 0.579. The highest BCUT2D eigenvalue weighted by Crippen LogP contribution is 2.43. The topological polar surface area (TPSA) is 84.9 Å². The quantitative estimate of drug-likeness (QED) is 0.753. The lowest BCUT2D eigenvalue weighted by Crippen LogP contribution is -2.50. The molecule has 6 heteroatoms. The van der Waals surface area contributed by atoms with Crippen LogP contribution in [0.25, 0.3) is 0 Å². The molecular weight excluding hydrogens is 322 g/mol. The van der Waals surface area contributed by atoms with E-state index in [1.54, 1.807) is 7.11 Å². The van der Waals surface area contributed by atoms with Crippen molar-refractivity contribution in [2.75, 3.05) is 20.8 Å². The van der Waals surface area contributed by atoms with Gasteiger partial charge in [0.05, 0.1) is 12.5 Å². The van der Waals surface area contributed by atoms with E-state index in [-0.39, 0.29) is 18.9 Å². The molecular formula is C19H27NO5. The van der Waals surface area contributed by atoms with Gasteiger partial charge in [-0.1, -0.05) is 25.0 Å². The zero-order chi connectivity index (χ0) is 18.4. The number of hydrogen-bond donors (Lipinski definition) is 2. The summed E-state index contributed by atoms with van der Waals surface area (Å²) in [6.45, 7) is 2.23. The summed E-state index contributed by atoms with van der Waals surface area (Å²) in [6, 6.07) is 4.86. The van der Waals surface area contributed by atoms with Crippen LogP contribution in [-0.4, -0.2) is 43.9 Å². The van der Waals surface area contributed by atoms with Gasteiger partial charge in [-0.25, -0.2) is 4.79 Å². The summed E-state index contributed by atoms with van der Waals surface area (Å²) in [5.74, 6) is -0.523. The lowest BCUT2D eigenvalue weighted by atomic mass is 9.77. The average molecular weight is 349 g/mol. The van der Waals surface area contributed by atoms with Gasteiger partial charge in [0.1, 0.15) is 11.8 Å². The van der Waals surface area contributed by atoms with Crippen molar-refractivity contribution in [3.05, 3.63) is 29.3 Å². The minimum absolute atomic E-state index is 0.223. The third-order valence-electron chi connectivity index (χ3n) is 5.07. The van der Waals surface area contributed by atoms with Crippen LogP contribution in [0.2, 0.25) is 0 Å². The molecule has 1 aromatic carbocycles. The number of rotatable bonds is 8. The van der Waals surface area contributed by atoms with E-state index in [1.165, 1.54) is 7.11 Å². The van der Waals surface area contributed by atoms with Crippen LogP contribution < -0.4 is 10.1 Å². The molecule has 0 heterocycles. The van der Waals surface area contributed by atoms with Gasteiger partial charge in [-0.15, -0.1) is 0 Å². The van der Waals surface area contributed by atoms with Gasteiger partial charge >= 0.3 is 5.97 Å². The molecule has 1 atom stereocenters. The van der Waals surface area contributed by atoms with Crippen molar-refractivity contribution in [2.45, 2.75) is 50.5 Å². The van der Waals surface area contributed by atoms with E-state index in [0.717, 1.165) is 29.7 Å². The highest BCUT2D eigenvalue weighted by atomic mass is 16.5. The monoisotopic (exact) mass is 349 g/mol. The molecule has 0 bridgehead atoms. The minimum Gasteiger partial charge on any atom is -0.496 e. The molecule has 1 aromatic rings. The van der Waals surface area contributed by atoms with E-state index in [1.807, 2.05) is 25.1 Å². The third-order valence-corrected chi connectivity index (χ3v) is 5.07. The van der Waals surface area contributed by atoms with Crippen LogP contribution in [0.5, 0.6) is 5.75 Å². The van der Waals surface area contributed by atoms with Gasteiger partial charge < -0.3 is 19.9 Å². The third kappa shape index (κ3) is 4.12. The first-order chi connectivity index (χ1) is 11.9. The molecule has 138 valence electrons. The molecule has 25 heavy (non-hydrogen) atoms. The number of carbonyl (C=O) groups excluding carboxylic acids is 1. The Hall–Kier alpha value is -2.08. The number of carbonyl (C=O) groups is 2. The van der Waals surface area contributed by atoms with E-state index in [9.17, 15) is 14.7 Å². The maximum Gasteiger partial charge on any atom is 0.326 e. The van der Waals surface area contributed by atoms with Crippen LogP contribution in [0.15, 0.2) is 18.2 Å². The number of amides is 1. The number of methoxy groups -OCH3 is 2. The summed E-state index contributed by atoms with van der Waals surface area (Å²) >= 11 is 0. The van der Waals surface area contributed by atoms with Gasteiger partial charge in [0, 0.05) is 20.1 Å². The fourth-order valence-corrected chi connectivity index (χ4v) is 3.53. The average Bonchev–Trinajstić information content (AvgIpc) is 3.09. The number of ether oxygens (including phenoxy) is 2.